The predicted molar refractivity (Wildman–Crippen MR) is 86.3 cm³/mol. The first-order chi connectivity index (χ1) is 10.3. The van der Waals surface area contributed by atoms with Crippen molar-refractivity contribution in [2.75, 3.05) is 25.4 Å². The Hall–Kier alpha value is -1.00. The zero-order chi connectivity index (χ0) is 14.5. The summed E-state index contributed by atoms with van der Waals surface area (Å²) in [4.78, 5) is 14.3. The molecule has 3 rings (SSSR count). The van der Waals surface area contributed by atoms with Gasteiger partial charge >= 0.3 is 0 Å². The van der Waals surface area contributed by atoms with Crippen molar-refractivity contribution in [3.63, 3.8) is 0 Å². The van der Waals surface area contributed by atoms with Gasteiger partial charge in [-0.2, -0.15) is 11.8 Å². The molecule has 1 aliphatic carbocycles. The van der Waals surface area contributed by atoms with Gasteiger partial charge in [0.2, 0.25) is 5.91 Å². The zero-order valence-electron chi connectivity index (χ0n) is 12.4. The van der Waals surface area contributed by atoms with Gasteiger partial charge in [0.15, 0.2) is 0 Å². The molecule has 0 unspecified atom stereocenters. The van der Waals surface area contributed by atoms with Crippen LogP contribution >= 0.6 is 11.8 Å². The van der Waals surface area contributed by atoms with E-state index in [2.05, 4.69) is 24.3 Å². The number of hydrogen-bond acceptors (Lipinski definition) is 3. The molecule has 1 saturated carbocycles. The normalized spacial score (nSPS) is 22.3. The number of thioether (sulfide) groups is 1. The van der Waals surface area contributed by atoms with Crippen molar-refractivity contribution >= 4 is 17.7 Å². The van der Waals surface area contributed by atoms with E-state index in [-0.39, 0.29) is 0 Å². The molecular formula is C17H23NO2S. The summed E-state index contributed by atoms with van der Waals surface area (Å²) in [7, 11) is 0. The van der Waals surface area contributed by atoms with E-state index in [4.69, 9.17) is 4.74 Å². The Morgan fingerprint density at radius 1 is 1.29 bits per heavy atom. The quantitative estimate of drug-likeness (QED) is 0.757. The highest BCUT2D eigenvalue weighted by molar-refractivity contribution is 7.98. The van der Waals surface area contributed by atoms with Gasteiger partial charge in [-0.1, -0.05) is 30.3 Å². The first-order valence-corrected chi connectivity index (χ1v) is 8.99. The van der Waals surface area contributed by atoms with Crippen LogP contribution < -0.4 is 0 Å². The van der Waals surface area contributed by atoms with E-state index in [0.29, 0.717) is 31.0 Å². The van der Waals surface area contributed by atoms with Crippen molar-refractivity contribution in [1.29, 1.82) is 0 Å². The molecule has 21 heavy (non-hydrogen) atoms. The highest BCUT2D eigenvalue weighted by Gasteiger charge is 2.36. The number of carbonyl (C=O) groups is 1. The molecule has 1 amide bonds. The molecule has 114 valence electrons. The molecule has 2 fully saturated rings. The fraction of sp³-hybridized carbons (Fsp3) is 0.588. The van der Waals surface area contributed by atoms with Crippen molar-refractivity contribution < 1.29 is 9.53 Å². The molecule has 1 aromatic rings. The standard InChI is InChI=1S/C17H23NO2S/c19-17(8-11-21-13-14-4-2-1-3-5-14)18-9-10-20-16(12-18)15-6-7-15/h1-5,15-16H,6-13H2/t16-/m0/s1. The van der Waals surface area contributed by atoms with Crippen molar-refractivity contribution in [2.45, 2.75) is 31.1 Å². The second kappa shape index (κ2) is 7.32. The number of carbonyl (C=O) groups excluding carboxylic acids is 1. The third kappa shape index (κ3) is 4.48. The fourth-order valence-corrected chi connectivity index (χ4v) is 3.63. The second-order valence-corrected chi connectivity index (χ2v) is 6.98. The predicted octanol–water partition coefficient (Wildman–Crippen LogP) is 2.95. The molecule has 1 aromatic carbocycles. The molecule has 0 aromatic heterocycles. The Balaban J connectivity index is 1.35. The number of benzene rings is 1. The maximum atomic E-state index is 12.3. The summed E-state index contributed by atoms with van der Waals surface area (Å²) in [6.45, 7) is 2.29. The van der Waals surface area contributed by atoms with Crippen LogP contribution in [0.25, 0.3) is 0 Å². The third-order valence-electron chi connectivity index (χ3n) is 4.17. The van der Waals surface area contributed by atoms with Gasteiger partial charge in [-0.05, 0) is 24.3 Å². The van der Waals surface area contributed by atoms with E-state index in [1.165, 1.54) is 18.4 Å². The highest BCUT2D eigenvalue weighted by Crippen LogP contribution is 2.35. The summed E-state index contributed by atoms with van der Waals surface area (Å²) in [6, 6.07) is 10.4. The molecule has 1 atom stereocenters. The number of morpholine rings is 1. The molecule has 1 aliphatic heterocycles. The average molecular weight is 305 g/mol. The lowest BCUT2D eigenvalue weighted by molar-refractivity contribution is -0.139. The van der Waals surface area contributed by atoms with Gasteiger partial charge in [0.25, 0.3) is 0 Å². The maximum Gasteiger partial charge on any atom is 0.223 e. The van der Waals surface area contributed by atoms with Crippen LogP contribution in [0.4, 0.5) is 0 Å². The lowest BCUT2D eigenvalue weighted by Gasteiger charge is -2.33. The van der Waals surface area contributed by atoms with E-state index >= 15 is 0 Å². The number of amides is 1. The van der Waals surface area contributed by atoms with Gasteiger partial charge in [-0.25, -0.2) is 0 Å². The number of ether oxygens (including phenoxy) is 1. The van der Waals surface area contributed by atoms with Crippen LogP contribution in [0.2, 0.25) is 0 Å². The number of rotatable bonds is 6. The Morgan fingerprint density at radius 2 is 2.10 bits per heavy atom. The van der Waals surface area contributed by atoms with Gasteiger partial charge in [-0.3, -0.25) is 4.79 Å². The summed E-state index contributed by atoms with van der Waals surface area (Å²) in [5.41, 5.74) is 1.33. The monoisotopic (exact) mass is 305 g/mol. The lowest BCUT2D eigenvalue weighted by atomic mass is 10.2. The van der Waals surface area contributed by atoms with Crippen LogP contribution in [-0.2, 0) is 15.3 Å². The molecule has 2 aliphatic rings. The molecule has 4 heteroatoms. The van der Waals surface area contributed by atoms with Crippen LogP contribution in [-0.4, -0.2) is 42.4 Å². The number of hydrogen-bond donors (Lipinski definition) is 0. The summed E-state index contributed by atoms with van der Waals surface area (Å²) in [5.74, 6) is 2.90. The second-order valence-electron chi connectivity index (χ2n) is 5.87. The Bertz CT molecular complexity index is 461. The largest absolute Gasteiger partial charge is 0.374 e. The summed E-state index contributed by atoms with van der Waals surface area (Å²) in [5, 5.41) is 0. The van der Waals surface area contributed by atoms with Crippen molar-refractivity contribution in [2.24, 2.45) is 5.92 Å². The van der Waals surface area contributed by atoms with Crippen molar-refractivity contribution in [3.8, 4) is 0 Å². The first kappa shape index (κ1) is 14.9. The topological polar surface area (TPSA) is 29.5 Å². The molecule has 0 N–H and O–H groups in total. The fourth-order valence-electron chi connectivity index (χ4n) is 2.74. The Labute approximate surface area is 131 Å². The van der Waals surface area contributed by atoms with Crippen LogP contribution in [0.3, 0.4) is 0 Å². The summed E-state index contributed by atoms with van der Waals surface area (Å²) in [6.07, 6.45) is 3.51. The van der Waals surface area contributed by atoms with Crippen molar-refractivity contribution in [1.82, 2.24) is 4.90 Å². The molecule has 1 saturated heterocycles. The van der Waals surface area contributed by atoms with Gasteiger partial charge < -0.3 is 9.64 Å². The summed E-state index contributed by atoms with van der Waals surface area (Å²) >= 11 is 1.84. The van der Waals surface area contributed by atoms with Gasteiger partial charge in [0.1, 0.15) is 0 Å². The van der Waals surface area contributed by atoms with Gasteiger partial charge in [0.05, 0.1) is 12.7 Å². The Kier molecular flexibility index (Phi) is 5.20. The van der Waals surface area contributed by atoms with Crippen LogP contribution in [0.15, 0.2) is 30.3 Å². The van der Waals surface area contributed by atoms with Crippen LogP contribution in [0.5, 0.6) is 0 Å². The van der Waals surface area contributed by atoms with Crippen LogP contribution in [0, 0.1) is 5.92 Å². The molecule has 0 radical (unpaired) electrons. The van der Waals surface area contributed by atoms with E-state index in [1.54, 1.807) is 0 Å². The highest BCUT2D eigenvalue weighted by atomic mass is 32.2. The maximum absolute atomic E-state index is 12.3. The molecule has 3 nitrogen and oxygen atoms in total. The molecular weight excluding hydrogens is 282 g/mol. The van der Waals surface area contributed by atoms with E-state index in [1.807, 2.05) is 22.7 Å². The smallest absolute Gasteiger partial charge is 0.223 e. The zero-order valence-corrected chi connectivity index (χ0v) is 13.2. The lowest BCUT2D eigenvalue weighted by Crippen LogP contribution is -2.46. The van der Waals surface area contributed by atoms with Crippen LogP contribution in [0.1, 0.15) is 24.8 Å². The minimum absolute atomic E-state index is 0.296. The van der Waals surface area contributed by atoms with E-state index < -0.39 is 0 Å². The molecule has 0 spiro atoms. The average Bonchev–Trinajstić information content (AvgIpc) is 3.37. The molecule has 0 bridgehead atoms. The van der Waals surface area contributed by atoms with E-state index in [0.717, 1.165) is 24.6 Å². The third-order valence-corrected chi connectivity index (χ3v) is 5.20. The number of nitrogens with zero attached hydrogens (tertiary/aromatic N) is 1. The van der Waals surface area contributed by atoms with Gasteiger partial charge in [-0.15, -0.1) is 0 Å². The van der Waals surface area contributed by atoms with Crippen molar-refractivity contribution in [3.05, 3.63) is 35.9 Å². The molecule has 1 heterocycles. The minimum Gasteiger partial charge on any atom is -0.374 e. The Morgan fingerprint density at radius 3 is 2.86 bits per heavy atom. The minimum atomic E-state index is 0.296. The van der Waals surface area contributed by atoms with Gasteiger partial charge in [0, 0.05) is 31.0 Å². The summed E-state index contributed by atoms with van der Waals surface area (Å²) < 4.78 is 5.77. The SMILES string of the molecule is O=C(CCSCc1ccccc1)N1CCO[C@H](C2CC2)C1. The first-order valence-electron chi connectivity index (χ1n) is 7.84. The van der Waals surface area contributed by atoms with E-state index in [9.17, 15) is 4.79 Å².